The molecule has 2 heterocycles. The van der Waals surface area contributed by atoms with E-state index in [1.165, 1.54) is 34.9 Å². The summed E-state index contributed by atoms with van der Waals surface area (Å²) in [6.45, 7) is 4.22. The third kappa shape index (κ3) is 4.67. The van der Waals surface area contributed by atoms with E-state index in [0.29, 0.717) is 57.0 Å². The summed E-state index contributed by atoms with van der Waals surface area (Å²) >= 11 is 0. The molecule has 1 aromatic heterocycles. The number of rotatable bonds is 6. The van der Waals surface area contributed by atoms with E-state index in [1.807, 2.05) is 11.9 Å². The summed E-state index contributed by atoms with van der Waals surface area (Å²) in [6, 6.07) is 13.5. The molecule has 0 aliphatic carbocycles. The van der Waals surface area contributed by atoms with E-state index in [-0.39, 0.29) is 30.9 Å². The second kappa shape index (κ2) is 9.81. The van der Waals surface area contributed by atoms with Crippen molar-refractivity contribution in [1.29, 1.82) is 0 Å². The van der Waals surface area contributed by atoms with Crippen LogP contribution in [-0.2, 0) is 11.2 Å². The van der Waals surface area contributed by atoms with Crippen molar-refractivity contribution in [3.63, 3.8) is 0 Å². The fourth-order valence-electron chi connectivity index (χ4n) is 4.96. The van der Waals surface area contributed by atoms with Gasteiger partial charge in [0.15, 0.2) is 0 Å². The van der Waals surface area contributed by atoms with Crippen LogP contribution in [0.5, 0.6) is 11.5 Å². The molecule has 3 aromatic carbocycles. The average Bonchev–Trinajstić information content (AvgIpc) is 3.13. The Morgan fingerprint density at radius 3 is 2.53 bits per heavy atom. The molecule has 0 unspecified atom stereocenters. The summed E-state index contributed by atoms with van der Waals surface area (Å²) in [5.74, 6) is -1.10. The molecule has 1 atom stereocenters. The molecule has 1 N–H and O–H groups in total. The summed E-state index contributed by atoms with van der Waals surface area (Å²) in [6.07, 6.45) is -0.600. The number of aryl methyl sites for hydroxylation is 1. The van der Waals surface area contributed by atoms with Gasteiger partial charge in [0.05, 0.1) is 24.2 Å². The minimum atomic E-state index is -1.06. The van der Waals surface area contributed by atoms with Crippen LogP contribution in [0.1, 0.15) is 27.2 Å². The maximum absolute atomic E-state index is 14.0. The molecule has 5 rings (SSSR count). The average molecular weight is 521 g/mol. The number of carbonyl (C=O) groups excluding carboxylic acids is 1. The normalized spacial score (nSPS) is 14.8. The lowest BCUT2D eigenvalue weighted by Gasteiger charge is -2.33. The van der Waals surface area contributed by atoms with Crippen molar-refractivity contribution >= 4 is 28.5 Å². The minimum absolute atomic E-state index is 0.249. The molecule has 7 nitrogen and oxygen atoms in total. The van der Waals surface area contributed by atoms with Crippen LogP contribution in [0.2, 0.25) is 0 Å². The Labute approximate surface area is 217 Å². The molecule has 196 valence electrons. The number of ether oxygens (including phenoxy) is 2. The third-order valence-electron chi connectivity index (χ3n) is 6.80. The molecule has 1 aliphatic heterocycles. The van der Waals surface area contributed by atoms with E-state index in [4.69, 9.17) is 9.47 Å². The van der Waals surface area contributed by atoms with Gasteiger partial charge in [0, 0.05) is 29.8 Å². The number of carbonyl (C=O) groups is 2. The maximum Gasteiger partial charge on any atom is 0.307 e. The van der Waals surface area contributed by atoms with E-state index in [1.54, 1.807) is 38.1 Å². The fourth-order valence-corrected chi connectivity index (χ4v) is 4.96. The number of aliphatic carboxylic acids is 1. The number of carboxylic acid groups (broad SMARTS) is 1. The lowest BCUT2D eigenvalue weighted by molar-refractivity contribution is -0.136. The van der Waals surface area contributed by atoms with Gasteiger partial charge in [-0.3, -0.25) is 14.2 Å². The van der Waals surface area contributed by atoms with Gasteiger partial charge in [0.25, 0.3) is 5.91 Å². The molecule has 0 bridgehead atoms. The van der Waals surface area contributed by atoms with Crippen LogP contribution in [0.25, 0.3) is 10.9 Å². The van der Waals surface area contributed by atoms with Crippen LogP contribution in [0.4, 0.5) is 14.5 Å². The molecular weight excluding hydrogens is 494 g/mol. The Hall–Kier alpha value is -4.40. The molecule has 9 heteroatoms. The number of fused-ring (bicyclic) bond motifs is 2. The molecule has 0 fully saturated rings. The quantitative estimate of drug-likeness (QED) is 0.380. The zero-order valence-electron chi connectivity index (χ0n) is 21.1. The number of likely N-dealkylation sites (N-methyl/N-ethyl adjacent to an activating group) is 1. The highest BCUT2D eigenvalue weighted by molar-refractivity contribution is 6.05. The SMILES string of the molecule is Cc1cc(OC[C@@H]2CN(C)c3cc(F)ccc3O2)ccc1C(=O)n1c(C)c(CC(=O)O)c2cc(F)ccc21. The van der Waals surface area contributed by atoms with Crippen LogP contribution in [0.15, 0.2) is 54.6 Å². The summed E-state index contributed by atoms with van der Waals surface area (Å²) < 4.78 is 40.9. The van der Waals surface area contributed by atoms with Gasteiger partial charge in [-0.15, -0.1) is 0 Å². The van der Waals surface area contributed by atoms with E-state index >= 15 is 0 Å². The minimum Gasteiger partial charge on any atom is -0.490 e. The van der Waals surface area contributed by atoms with Gasteiger partial charge >= 0.3 is 5.97 Å². The molecule has 0 saturated carbocycles. The summed E-state index contributed by atoms with van der Waals surface area (Å²) in [7, 11) is 1.86. The maximum atomic E-state index is 14.0. The number of halogens is 2. The van der Waals surface area contributed by atoms with Crippen LogP contribution >= 0.6 is 0 Å². The number of benzene rings is 3. The molecule has 4 aromatic rings. The van der Waals surface area contributed by atoms with Crippen molar-refractivity contribution in [3.8, 4) is 11.5 Å². The Kier molecular flexibility index (Phi) is 6.52. The van der Waals surface area contributed by atoms with Crippen molar-refractivity contribution in [2.75, 3.05) is 25.1 Å². The van der Waals surface area contributed by atoms with Crippen molar-refractivity contribution in [1.82, 2.24) is 4.57 Å². The number of anilines is 1. The van der Waals surface area contributed by atoms with Gasteiger partial charge in [-0.1, -0.05) is 0 Å². The van der Waals surface area contributed by atoms with Gasteiger partial charge in [-0.25, -0.2) is 8.78 Å². The number of hydrogen-bond donors (Lipinski definition) is 1. The van der Waals surface area contributed by atoms with E-state index in [0.717, 1.165) is 0 Å². The number of nitrogens with zero attached hydrogens (tertiary/aromatic N) is 2. The second-order valence-corrected chi connectivity index (χ2v) is 9.46. The van der Waals surface area contributed by atoms with E-state index in [2.05, 4.69) is 0 Å². The summed E-state index contributed by atoms with van der Waals surface area (Å²) in [5, 5.41) is 9.75. The van der Waals surface area contributed by atoms with Crippen LogP contribution in [-0.4, -0.2) is 47.9 Å². The lowest BCUT2D eigenvalue weighted by Crippen LogP contribution is -2.41. The Morgan fingerprint density at radius 2 is 1.79 bits per heavy atom. The first-order chi connectivity index (χ1) is 18.1. The zero-order chi connectivity index (χ0) is 27.1. The van der Waals surface area contributed by atoms with Gasteiger partial charge < -0.3 is 19.5 Å². The molecule has 0 amide bonds. The van der Waals surface area contributed by atoms with Crippen molar-refractivity contribution in [2.45, 2.75) is 26.4 Å². The Bertz CT molecular complexity index is 1580. The molecule has 1 aliphatic rings. The fraction of sp³-hybridized carbons (Fsp3) is 0.241. The molecule has 0 spiro atoms. The van der Waals surface area contributed by atoms with Crippen LogP contribution in [0, 0.1) is 25.5 Å². The number of aromatic nitrogens is 1. The molecule has 0 saturated heterocycles. The van der Waals surface area contributed by atoms with E-state index < -0.39 is 11.8 Å². The standard InChI is InChI=1S/C29H26F2N2O5/c1-16-10-20(37-15-21-14-32(3)26-12-19(31)5-9-27(26)38-21)6-7-22(16)29(36)33-17(2)23(13-28(34)35)24-11-18(30)4-8-25(24)33/h4-12,21H,13-15H2,1-3H3,(H,34,35)/t21-/m0/s1. The Balaban J connectivity index is 1.36. The van der Waals surface area contributed by atoms with Crippen LogP contribution in [0.3, 0.4) is 0 Å². The first kappa shape index (κ1) is 25.3. The topological polar surface area (TPSA) is 81.0 Å². The van der Waals surface area contributed by atoms with Gasteiger partial charge in [-0.05, 0) is 73.5 Å². The first-order valence-electron chi connectivity index (χ1n) is 12.1. The summed E-state index contributed by atoms with van der Waals surface area (Å²) in [5.41, 5.74) is 3.06. The van der Waals surface area contributed by atoms with Crippen molar-refractivity contribution in [3.05, 3.63) is 88.6 Å². The highest BCUT2D eigenvalue weighted by atomic mass is 19.1. The van der Waals surface area contributed by atoms with Crippen molar-refractivity contribution < 1.29 is 33.0 Å². The predicted molar refractivity (Wildman–Crippen MR) is 138 cm³/mol. The highest BCUT2D eigenvalue weighted by Gasteiger charge is 2.25. The van der Waals surface area contributed by atoms with Crippen molar-refractivity contribution in [2.24, 2.45) is 0 Å². The largest absolute Gasteiger partial charge is 0.490 e. The Morgan fingerprint density at radius 1 is 1.05 bits per heavy atom. The highest BCUT2D eigenvalue weighted by Crippen LogP contribution is 2.33. The van der Waals surface area contributed by atoms with Crippen LogP contribution < -0.4 is 14.4 Å². The number of hydrogen-bond acceptors (Lipinski definition) is 5. The van der Waals surface area contributed by atoms with Gasteiger partial charge in [0.2, 0.25) is 0 Å². The van der Waals surface area contributed by atoms with Gasteiger partial charge in [0.1, 0.15) is 35.8 Å². The number of carboxylic acids is 1. The molecular formula is C29H26F2N2O5. The third-order valence-corrected chi connectivity index (χ3v) is 6.80. The zero-order valence-corrected chi connectivity index (χ0v) is 21.1. The predicted octanol–water partition coefficient (Wildman–Crippen LogP) is 5.13. The summed E-state index contributed by atoms with van der Waals surface area (Å²) in [4.78, 5) is 27.0. The van der Waals surface area contributed by atoms with Gasteiger partial charge in [-0.2, -0.15) is 0 Å². The first-order valence-corrected chi connectivity index (χ1v) is 12.1. The van der Waals surface area contributed by atoms with E-state index in [9.17, 15) is 23.5 Å². The second-order valence-electron chi connectivity index (χ2n) is 9.46. The molecule has 0 radical (unpaired) electrons. The molecule has 38 heavy (non-hydrogen) atoms. The monoisotopic (exact) mass is 520 g/mol. The lowest BCUT2D eigenvalue weighted by atomic mass is 10.1. The smallest absolute Gasteiger partial charge is 0.307 e.